The van der Waals surface area contributed by atoms with Gasteiger partial charge in [0, 0.05) is 13.1 Å². The fraction of sp³-hybridized carbons (Fsp3) is 0.333. The quantitative estimate of drug-likeness (QED) is 0.797. The van der Waals surface area contributed by atoms with Crippen LogP contribution in [0.25, 0.3) is 0 Å². The van der Waals surface area contributed by atoms with Crippen LogP contribution in [-0.2, 0) is 6.54 Å². The lowest BCUT2D eigenvalue weighted by atomic mass is 10.2. The maximum atomic E-state index is 9.26. The largest absolute Gasteiger partial charge is 0.506 e. The van der Waals surface area contributed by atoms with E-state index in [2.05, 4.69) is 11.5 Å². The molecule has 0 radical (unpaired) electrons. The van der Waals surface area contributed by atoms with Gasteiger partial charge in [-0.2, -0.15) is 0 Å². The molecule has 0 spiro atoms. The molecule has 1 aromatic rings. The molecule has 0 aromatic heterocycles. The third-order valence-electron chi connectivity index (χ3n) is 2.00. The van der Waals surface area contributed by atoms with Crippen molar-refractivity contribution in [3.05, 3.63) is 40.9 Å². The molecule has 0 aliphatic carbocycles. The molecule has 1 N–H and O–H groups in total. The van der Waals surface area contributed by atoms with Gasteiger partial charge in [0.1, 0.15) is 5.75 Å². The van der Waals surface area contributed by atoms with E-state index in [1.807, 2.05) is 20.0 Å². The third-order valence-corrected chi connectivity index (χ3v) is 2.31. The maximum Gasteiger partial charge on any atom is 0.134 e. The minimum Gasteiger partial charge on any atom is -0.506 e. The van der Waals surface area contributed by atoms with Gasteiger partial charge in [-0.1, -0.05) is 29.8 Å². The zero-order valence-corrected chi connectivity index (χ0v) is 9.88. The molecule has 0 saturated heterocycles. The second kappa shape index (κ2) is 5.19. The highest BCUT2D eigenvalue weighted by Crippen LogP contribution is 2.24. The summed E-state index contributed by atoms with van der Waals surface area (Å²) in [5, 5.41) is 9.66. The van der Waals surface area contributed by atoms with Gasteiger partial charge in [-0.25, -0.2) is 0 Å². The van der Waals surface area contributed by atoms with Crippen molar-refractivity contribution in [3.63, 3.8) is 0 Å². The maximum absolute atomic E-state index is 9.26. The van der Waals surface area contributed by atoms with Gasteiger partial charge in [-0.15, -0.1) is 0 Å². The first-order valence-corrected chi connectivity index (χ1v) is 5.17. The van der Waals surface area contributed by atoms with Crippen LogP contribution >= 0.6 is 11.6 Å². The van der Waals surface area contributed by atoms with Gasteiger partial charge in [-0.3, -0.25) is 4.90 Å². The number of nitrogens with zero attached hydrogens (tertiary/aromatic N) is 1. The summed E-state index contributed by atoms with van der Waals surface area (Å²) in [6.45, 7) is 7.52. The van der Waals surface area contributed by atoms with Crippen LogP contribution in [0.1, 0.15) is 12.5 Å². The normalized spacial score (nSPS) is 10.7. The molecule has 15 heavy (non-hydrogen) atoms. The van der Waals surface area contributed by atoms with Crippen LogP contribution in [0.5, 0.6) is 5.75 Å². The van der Waals surface area contributed by atoms with E-state index in [1.54, 1.807) is 12.1 Å². The predicted molar refractivity (Wildman–Crippen MR) is 64.3 cm³/mol. The number of likely N-dealkylation sites (N-methyl/N-ethyl adjacent to an activating group) is 1. The molecule has 1 rings (SSSR count). The lowest BCUT2D eigenvalue weighted by Crippen LogP contribution is -2.19. The summed E-state index contributed by atoms with van der Waals surface area (Å²) in [6.07, 6.45) is 0. The standard InChI is InChI=1S/C12H16ClNO/c1-9(2)7-14(3)8-10-4-5-12(15)11(13)6-10/h4-6,15H,1,7-8H2,2-3H3. The Bertz CT molecular complexity index is 363. The van der Waals surface area contributed by atoms with Gasteiger partial charge in [-0.05, 0) is 31.7 Å². The first-order valence-electron chi connectivity index (χ1n) is 4.79. The Morgan fingerprint density at radius 2 is 2.20 bits per heavy atom. The molecule has 0 saturated carbocycles. The van der Waals surface area contributed by atoms with E-state index in [1.165, 1.54) is 0 Å². The van der Waals surface area contributed by atoms with Crippen LogP contribution in [0.15, 0.2) is 30.4 Å². The number of phenolic OH excluding ortho intramolecular Hbond substituents is 1. The smallest absolute Gasteiger partial charge is 0.134 e. The first kappa shape index (κ1) is 12.1. The Hall–Kier alpha value is -0.990. The van der Waals surface area contributed by atoms with E-state index >= 15 is 0 Å². The SMILES string of the molecule is C=C(C)CN(C)Cc1ccc(O)c(Cl)c1. The van der Waals surface area contributed by atoms with Crippen LogP contribution < -0.4 is 0 Å². The summed E-state index contributed by atoms with van der Waals surface area (Å²) in [7, 11) is 2.02. The molecule has 2 nitrogen and oxygen atoms in total. The van der Waals surface area contributed by atoms with Crippen molar-refractivity contribution in [1.82, 2.24) is 4.90 Å². The summed E-state index contributed by atoms with van der Waals surface area (Å²) in [4.78, 5) is 2.14. The summed E-state index contributed by atoms with van der Waals surface area (Å²) in [5.74, 6) is 0.128. The molecule has 0 aliphatic heterocycles. The summed E-state index contributed by atoms with van der Waals surface area (Å²) >= 11 is 5.82. The Morgan fingerprint density at radius 1 is 1.53 bits per heavy atom. The molecule has 0 heterocycles. The topological polar surface area (TPSA) is 23.5 Å². The molecular weight excluding hydrogens is 210 g/mol. The lowest BCUT2D eigenvalue weighted by Gasteiger charge is -2.16. The van der Waals surface area contributed by atoms with Crippen molar-refractivity contribution >= 4 is 11.6 Å². The predicted octanol–water partition coefficient (Wildman–Crippen LogP) is 3.05. The number of halogens is 1. The number of rotatable bonds is 4. The highest BCUT2D eigenvalue weighted by Gasteiger charge is 2.03. The van der Waals surface area contributed by atoms with E-state index < -0.39 is 0 Å². The van der Waals surface area contributed by atoms with Gasteiger partial charge < -0.3 is 5.11 Å². The molecule has 3 heteroatoms. The van der Waals surface area contributed by atoms with Crippen molar-refractivity contribution in [2.45, 2.75) is 13.5 Å². The second-order valence-electron chi connectivity index (χ2n) is 3.92. The Balaban J connectivity index is 2.64. The van der Waals surface area contributed by atoms with Crippen molar-refractivity contribution < 1.29 is 5.11 Å². The van der Waals surface area contributed by atoms with E-state index in [-0.39, 0.29) is 5.75 Å². The number of benzene rings is 1. The molecular formula is C12H16ClNO. The molecule has 0 bridgehead atoms. The monoisotopic (exact) mass is 225 g/mol. The van der Waals surface area contributed by atoms with Crippen molar-refractivity contribution in [2.24, 2.45) is 0 Å². The second-order valence-corrected chi connectivity index (χ2v) is 4.32. The Labute approximate surface area is 95.8 Å². The molecule has 82 valence electrons. The Kier molecular flexibility index (Phi) is 4.18. The molecule has 0 fully saturated rings. The average Bonchev–Trinajstić information content (AvgIpc) is 2.10. The third kappa shape index (κ3) is 3.94. The molecule has 1 aromatic carbocycles. The average molecular weight is 226 g/mol. The van der Waals surface area contributed by atoms with E-state index in [0.29, 0.717) is 5.02 Å². The minimum atomic E-state index is 0.128. The molecule has 0 unspecified atom stereocenters. The van der Waals surface area contributed by atoms with Crippen LogP contribution in [-0.4, -0.2) is 23.6 Å². The Morgan fingerprint density at radius 3 is 2.73 bits per heavy atom. The van der Waals surface area contributed by atoms with Crippen molar-refractivity contribution in [1.29, 1.82) is 0 Å². The number of hydrogen-bond acceptors (Lipinski definition) is 2. The fourth-order valence-corrected chi connectivity index (χ4v) is 1.68. The zero-order chi connectivity index (χ0) is 11.4. The fourth-order valence-electron chi connectivity index (χ4n) is 1.48. The molecule has 0 atom stereocenters. The van der Waals surface area contributed by atoms with Crippen molar-refractivity contribution in [3.8, 4) is 5.75 Å². The van der Waals surface area contributed by atoms with Crippen LogP contribution in [0.2, 0.25) is 5.02 Å². The first-order chi connectivity index (χ1) is 6.99. The van der Waals surface area contributed by atoms with E-state index in [0.717, 1.165) is 24.2 Å². The van der Waals surface area contributed by atoms with Gasteiger partial charge >= 0.3 is 0 Å². The van der Waals surface area contributed by atoms with Gasteiger partial charge in [0.15, 0.2) is 0 Å². The van der Waals surface area contributed by atoms with Crippen LogP contribution in [0.3, 0.4) is 0 Å². The number of hydrogen-bond donors (Lipinski definition) is 1. The molecule has 0 aliphatic rings. The molecule has 0 amide bonds. The highest BCUT2D eigenvalue weighted by molar-refractivity contribution is 6.32. The lowest BCUT2D eigenvalue weighted by molar-refractivity contribution is 0.355. The van der Waals surface area contributed by atoms with Gasteiger partial charge in [0.2, 0.25) is 0 Å². The van der Waals surface area contributed by atoms with Gasteiger partial charge in [0.05, 0.1) is 5.02 Å². The summed E-state index contributed by atoms with van der Waals surface area (Å²) in [6, 6.07) is 5.27. The van der Waals surface area contributed by atoms with Crippen LogP contribution in [0.4, 0.5) is 0 Å². The summed E-state index contributed by atoms with van der Waals surface area (Å²) < 4.78 is 0. The number of aromatic hydroxyl groups is 1. The highest BCUT2D eigenvalue weighted by atomic mass is 35.5. The van der Waals surface area contributed by atoms with Gasteiger partial charge in [0.25, 0.3) is 0 Å². The summed E-state index contributed by atoms with van der Waals surface area (Å²) in [5.41, 5.74) is 2.21. The minimum absolute atomic E-state index is 0.128. The van der Waals surface area contributed by atoms with Crippen LogP contribution in [0, 0.1) is 0 Å². The van der Waals surface area contributed by atoms with E-state index in [4.69, 9.17) is 11.6 Å². The van der Waals surface area contributed by atoms with E-state index in [9.17, 15) is 5.11 Å². The van der Waals surface area contributed by atoms with Crippen molar-refractivity contribution in [2.75, 3.05) is 13.6 Å². The zero-order valence-electron chi connectivity index (χ0n) is 9.13. The number of phenols is 1.